The molecular weight excluding hydrogens is 332 g/mol. The normalized spacial score (nSPS) is 17.3. The minimum atomic E-state index is 0.0533. The Labute approximate surface area is 152 Å². The SMILES string of the molecule is Cc1cc(CC(=O)N2CCc3nc(N)nc(N4CCCC4)c3CC2)on1. The van der Waals surface area contributed by atoms with Crippen molar-refractivity contribution in [2.75, 3.05) is 36.8 Å². The molecule has 1 saturated heterocycles. The summed E-state index contributed by atoms with van der Waals surface area (Å²) in [5, 5.41) is 3.85. The van der Waals surface area contributed by atoms with Crippen LogP contribution in [0.15, 0.2) is 10.6 Å². The van der Waals surface area contributed by atoms with Crippen LogP contribution in [0.25, 0.3) is 0 Å². The summed E-state index contributed by atoms with van der Waals surface area (Å²) in [6.07, 6.45) is 4.05. The fraction of sp³-hybridized carbons (Fsp3) is 0.556. The zero-order chi connectivity index (χ0) is 18.1. The highest BCUT2D eigenvalue weighted by atomic mass is 16.5. The maximum Gasteiger partial charge on any atom is 0.230 e. The molecule has 0 spiro atoms. The quantitative estimate of drug-likeness (QED) is 0.879. The molecule has 4 heterocycles. The first-order valence-corrected chi connectivity index (χ1v) is 9.20. The third-order valence-electron chi connectivity index (χ3n) is 5.10. The van der Waals surface area contributed by atoms with Crippen molar-refractivity contribution in [2.45, 2.75) is 39.0 Å². The average molecular weight is 356 g/mol. The number of aromatic nitrogens is 3. The Morgan fingerprint density at radius 2 is 1.96 bits per heavy atom. The van der Waals surface area contributed by atoms with Gasteiger partial charge < -0.3 is 20.1 Å². The Kier molecular flexibility index (Phi) is 4.48. The van der Waals surface area contributed by atoms with E-state index in [0.29, 0.717) is 31.2 Å². The summed E-state index contributed by atoms with van der Waals surface area (Å²) in [6.45, 7) is 5.16. The second-order valence-electron chi connectivity index (χ2n) is 7.02. The molecule has 0 unspecified atom stereocenters. The van der Waals surface area contributed by atoms with Crippen LogP contribution in [-0.4, -0.2) is 52.1 Å². The standard InChI is InChI=1S/C18H24N6O2/c1-12-10-13(26-22-12)11-16(25)23-8-4-14-15(5-9-23)20-18(19)21-17(14)24-6-2-3-7-24/h10H,2-9,11H2,1H3,(H2,19,20,21). The number of carbonyl (C=O) groups is 1. The number of rotatable bonds is 3. The summed E-state index contributed by atoms with van der Waals surface area (Å²) in [5.41, 5.74) is 8.86. The highest BCUT2D eigenvalue weighted by Gasteiger charge is 2.26. The van der Waals surface area contributed by atoms with E-state index in [-0.39, 0.29) is 12.3 Å². The second-order valence-corrected chi connectivity index (χ2v) is 7.02. The fourth-order valence-corrected chi connectivity index (χ4v) is 3.80. The molecule has 138 valence electrons. The van der Waals surface area contributed by atoms with Crippen molar-refractivity contribution in [3.05, 3.63) is 28.8 Å². The van der Waals surface area contributed by atoms with Crippen LogP contribution in [0.3, 0.4) is 0 Å². The molecule has 1 fully saturated rings. The molecule has 2 N–H and O–H groups in total. The van der Waals surface area contributed by atoms with E-state index in [1.807, 2.05) is 17.9 Å². The molecule has 4 rings (SSSR count). The van der Waals surface area contributed by atoms with E-state index in [0.717, 1.165) is 42.3 Å². The minimum Gasteiger partial charge on any atom is -0.368 e. The van der Waals surface area contributed by atoms with Crippen LogP contribution in [0, 0.1) is 6.92 Å². The Bertz CT molecular complexity index is 812. The van der Waals surface area contributed by atoms with Crippen molar-refractivity contribution in [1.82, 2.24) is 20.0 Å². The lowest BCUT2D eigenvalue weighted by Gasteiger charge is -2.21. The predicted molar refractivity (Wildman–Crippen MR) is 96.8 cm³/mol. The van der Waals surface area contributed by atoms with Crippen molar-refractivity contribution >= 4 is 17.7 Å². The van der Waals surface area contributed by atoms with Gasteiger partial charge in [-0.25, -0.2) is 4.98 Å². The van der Waals surface area contributed by atoms with Crippen LogP contribution in [-0.2, 0) is 24.1 Å². The van der Waals surface area contributed by atoms with Gasteiger partial charge in [-0.15, -0.1) is 0 Å². The first-order chi connectivity index (χ1) is 12.6. The van der Waals surface area contributed by atoms with Crippen molar-refractivity contribution in [1.29, 1.82) is 0 Å². The molecule has 2 aliphatic heterocycles. The molecular formula is C18H24N6O2. The fourth-order valence-electron chi connectivity index (χ4n) is 3.80. The molecule has 8 nitrogen and oxygen atoms in total. The van der Waals surface area contributed by atoms with Gasteiger partial charge in [-0.05, 0) is 26.2 Å². The van der Waals surface area contributed by atoms with Gasteiger partial charge in [-0.2, -0.15) is 4.98 Å². The second kappa shape index (κ2) is 6.93. The van der Waals surface area contributed by atoms with E-state index in [1.54, 1.807) is 0 Å². The summed E-state index contributed by atoms with van der Waals surface area (Å²) >= 11 is 0. The third kappa shape index (κ3) is 3.36. The Morgan fingerprint density at radius 3 is 2.69 bits per heavy atom. The molecule has 0 bridgehead atoms. The molecule has 2 aromatic heterocycles. The van der Waals surface area contributed by atoms with Crippen LogP contribution in [0.1, 0.15) is 35.6 Å². The number of carbonyl (C=O) groups excluding carboxylic acids is 1. The zero-order valence-electron chi connectivity index (χ0n) is 15.1. The Hall–Kier alpha value is -2.64. The summed E-state index contributed by atoms with van der Waals surface area (Å²) < 4.78 is 5.18. The monoisotopic (exact) mass is 356 g/mol. The van der Waals surface area contributed by atoms with Crippen LogP contribution in [0.2, 0.25) is 0 Å². The minimum absolute atomic E-state index is 0.0533. The molecule has 2 aromatic rings. The van der Waals surface area contributed by atoms with E-state index in [1.165, 1.54) is 12.8 Å². The molecule has 0 radical (unpaired) electrons. The summed E-state index contributed by atoms with van der Waals surface area (Å²) in [4.78, 5) is 25.8. The highest BCUT2D eigenvalue weighted by molar-refractivity contribution is 5.78. The van der Waals surface area contributed by atoms with Gasteiger partial charge in [0, 0.05) is 44.2 Å². The van der Waals surface area contributed by atoms with Crippen molar-refractivity contribution in [3.8, 4) is 0 Å². The number of nitrogen functional groups attached to an aromatic ring is 1. The van der Waals surface area contributed by atoms with Crippen molar-refractivity contribution in [3.63, 3.8) is 0 Å². The number of amides is 1. The van der Waals surface area contributed by atoms with Gasteiger partial charge in [0.1, 0.15) is 11.6 Å². The number of aryl methyl sites for hydroxylation is 1. The first kappa shape index (κ1) is 16.8. The number of hydrogen-bond donors (Lipinski definition) is 1. The molecule has 26 heavy (non-hydrogen) atoms. The smallest absolute Gasteiger partial charge is 0.230 e. The van der Waals surface area contributed by atoms with Crippen LogP contribution >= 0.6 is 0 Å². The first-order valence-electron chi connectivity index (χ1n) is 9.20. The molecule has 8 heteroatoms. The van der Waals surface area contributed by atoms with Gasteiger partial charge in [0.2, 0.25) is 11.9 Å². The number of anilines is 2. The zero-order valence-corrected chi connectivity index (χ0v) is 15.1. The number of hydrogen-bond acceptors (Lipinski definition) is 7. The highest BCUT2D eigenvalue weighted by Crippen LogP contribution is 2.28. The van der Waals surface area contributed by atoms with Crippen LogP contribution in [0.5, 0.6) is 0 Å². The lowest BCUT2D eigenvalue weighted by molar-refractivity contribution is -0.130. The lowest BCUT2D eigenvalue weighted by atomic mass is 10.1. The molecule has 0 saturated carbocycles. The van der Waals surface area contributed by atoms with E-state index in [2.05, 4.69) is 20.0 Å². The molecule has 2 aliphatic rings. The van der Waals surface area contributed by atoms with Gasteiger partial charge in [0.15, 0.2) is 0 Å². The van der Waals surface area contributed by atoms with E-state index >= 15 is 0 Å². The van der Waals surface area contributed by atoms with Crippen molar-refractivity contribution in [2.24, 2.45) is 0 Å². The average Bonchev–Trinajstić information content (AvgIpc) is 3.22. The largest absolute Gasteiger partial charge is 0.368 e. The molecule has 1 amide bonds. The molecule has 0 aromatic carbocycles. The van der Waals surface area contributed by atoms with Gasteiger partial charge in [-0.1, -0.05) is 5.16 Å². The van der Waals surface area contributed by atoms with Crippen LogP contribution in [0.4, 0.5) is 11.8 Å². The maximum atomic E-state index is 12.7. The summed E-state index contributed by atoms with van der Waals surface area (Å²) in [6, 6.07) is 1.81. The van der Waals surface area contributed by atoms with Gasteiger partial charge in [0.25, 0.3) is 0 Å². The lowest BCUT2D eigenvalue weighted by Crippen LogP contribution is -2.34. The Morgan fingerprint density at radius 1 is 1.19 bits per heavy atom. The van der Waals surface area contributed by atoms with Crippen molar-refractivity contribution < 1.29 is 9.32 Å². The number of nitrogens with zero attached hydrogens (tertiary/aromatic N) is 5. The summed E-state index contributed by atoms with van der Waals surface area (Å²) in [5.74, 6) is 1.95. The summed E-state index contributed by atoms with van der Waals surface area (Å²) in [7, 11) is 0. The third-order valence-corrected chi connectivity index (χ3v) is 5.10. The van der Waals surface area contributed by atoms with Gasteiger partial charge >= 0.3 is 0 Å². The maximum absolute atomic E-state index is 12.7. The van der Waals surface area contributed by atoms with E-state index in [9.17, 15) is 4.79 Å². The van der Waals surface area contributed by atoms with E-state index in [4.69, 9.17) is 10.3 Å². The predicted octanol–water partition coefficient (Wildman–Crippen LogP) is 1.13. The number of nitrogens with two attached hydrogens (primary N) is 1. The molecule has 0 atom stereocenters. The van der Waals surface area contributed by atoms with Gasteiger partial charge in [0.05, 0.1) is 17.8 Å². The molecule has 0 aliphatic carbocycles. The van der Waals surface area contributed by atoms with E-state index < -0.39 is 0 Å². The topological polar surface area (TPSA) is 101 Å². The Balaban J connectivity index is 1.51. The number of fused-ring (bicyclic) bond motifs is 1. The van der Waals surface area contributed by atoms with Gasteiger partial charge in [-0.3, -0.25) is 4.79 Å². The van der Waals surface area contributed by atoms with Crippen LogP contribution < -0.4 is 10.6 Å².